The minimum Gasteiger partial charge on any atom is -0.369 e. The third-order valence-corrected chi connectivity index (χ3v) is 5.46. The highest BCUT2D eigenvalue weighted by Gasteiger charge is 2.32. The third kappa shape index (κ3) is 5.23. The predicted octanol–water partition coefficient (Wildman–Crippen LogP) is 2.86. The number of hydrogen-bond acceptors (Lipinski definition) is 7. The number of anilines is 1. The number of alkyl halides is 3. The molecule has 2 aliphatic rings. The second kappa shape index (κ2) is 9.98. The Morgan fingerprint density at radius 3 is 2.55 bits per heavy atom. The highest BCUT2D eigenvalue weighted by Crippen LogP contribution is 2.34. The van der Waals surface area contributed by atoms with Crippen molar-refractivity contribution in [2.24, 2.45) is 0 Å². The number of nitrogens with zero attached hydrogens (tertiary/aromatic N) is 2. The average molecular weight is 470 g/mol. The van der Waals surface area contributed by atoms with E-state index in [-0.39, 0.29) is 55.6 Å². The zero-order chi connectivity index (χ0) is 23.5. The summed E-state index contributed by atoms with van der Waals surface area (Å²) < 4.78 is 64.6. The van der Waals surface area contributed by atoms with Gasteiger partial charge >= 0.3 is 0 Å². The van der Waals surface area contributed by atoms with E-state index in [1.807, 2.05) is 0 Å². The van der Waals surface area contributed by atoms with Crippen LogP contribution in [0, 0.1) is 5.82 Å². The maximum absolute atomic E-state index is 14.5. The van der Waals surface area contributed by atoms with Crippen LogP contribution in [-0.4, -0.2) is 46.4 Å². The number of carbonyl (C=O) groups excluding carboxylic acids is 1. The lowest BCUT2D eigenvalue weighted by molar-refractivity contribution is -0.122. The highest BCUT2D eigenvalue weighted by atomic mass is 19.3. The molecule has 3 N–H and O–H groups in total. The first-order valence-electron chi connectivity index (χ1n) is 10.3. The maximum Gasteiger partial charge on any atom is 0.266 e. The Balaban J connectivity index is 1.58. The molecule has 4 rings (SSSR count). The van der Waals surface area contributed by atoms with Crippen molar-refractivity contribution in [1.29, 1.82) is 0 Å². The summed E-state index contributed by atoms with van der Waals surface area (Å²) in [6.07, 6.45) is -5.25. The minimum absolute atomic E-state index is 0.0125. The summed E-state index contributed by atoms with van der Waals surface area (Å²) in [7, 11) is 0. The molecule has 1 saturated heterocycles. The molecule has 0 bridgehead atoms. The van der Waals surface area contributed by atoms with Gasteiger partial charge in [-0.15, -0.1) is 0 Å². The van der Waals surface area contributed by atoms with E-state index in [9.17, 15) is 27.5 Å². The van der Waals surface area contributed by atoms with Gasteiger partial charge in [0.25, 0.3) is 6.43 Å². The standard InChI is InChI=1S/C21H22F4N4O4/c22-10-6-11(7-10)28-15(30)8-14-16(21-32-4-5-33-21)19(27-9-26-14)29-20(31)13-3-1-2-12(17(13)23)18(24)25/h1-3,9-11,18,20-21,31H,4-8H2,(H,28,30)(H,26,27,29)/t10-,11-,20?. The number of aliphatic hydroxyl groups excluding tert-OH is 1. The van der Waals surface area contributed by atoms with Crippen molar-refractivity contribution in [3.8, 4) is 0 Å². The van der Waals surface area contributed by atoms with Gasteiger partial charge in [-0.3, -0.25) is 4.79 Å². The van der Waals surface area contributed by atoms with Crippen LogP contribution in [0.1, 0.15) is 54.2 Å². The molecule has 1 unspecified atom stereocenters. The molecule has 1 amide bonds. The predicted molar refractivity (Wildman–Crippen MR) is 106 cm³/mol. The largest absolute Gasteiger partial charge is 0.369 e. The molecule has 0 spiro atoms. The van der Waals surface area contributed by atoms with E-state index in [0.29, 0.717) is 0 Å². The Hall–Kier alpha value is -2.83. The van der Waals surface area contributed by atoms with Crippen LogP contribution in [0.4, 0.5) is 23.4 Å². The van der Waals surface area contributed by atoms with Gasteiger partial charge in [0, 0.05) is 11.6 Å². The first-order valence-corrected chi connectivity index (χ1v) is 10.3. The van der Waals surface area contributed by atoms with Crippen molar-refractivity contribution in [2.45, 2.75) is 50.4 Å². The van der Waals surface area contributed by atoms with E-state index in [2.05, 4.69) is 20.6 Å². The highest BCUT2D eigenvalue weighted by molar-refractivity contribution is 5.79. The SMILES string of the molecule is O=C(Cc1ncnc(NC(O)c2cccc(C(F)F)c2F)c1C1OCCO1)N[C@H]1C[C@H](F)C1. The molecular weight excluding hydrogens is 448 g/mol. The molecule has 12 heteroatoms. The molecule has 2 heterocycles. The number of amides is 1. The van der Waals surface area contributed by atoms with Gasteiger partial charge in [-0.1, -0.05) is 18.2 Å². The normalized spacial score (nSPS) is 21.6. The van der Waals surface area contributed by atoms with Crippen LogP contribution in [0.5, 0.6) is 0 Å². The number of hydrogen-bond donors (Lipinski definition) is 3. The molecule has 178 valence electrons. The van der Waals surface area contributed by atoms with E-state index in [4.69, 9.17) is 9.47 Å². The second-order valence-corrected chi connectivity index (χ2v) is 7.76. The number of benzene rings is 1. The molecule has 1 saturated carbocycles. The van der Waals surface area contributed by atoms with Crippen LogP contribution in [0.15, 0.2) is 24.5 Å². The molecule has 8 nitrogen and oxygen atoms in total. The monoisotopic (exact) mass is 470 g/mol. The van der Waals surface area contributed by atoms with E-state index < -0.39 is 48.0 Å². The lowest BCUT2D eigenvalue weighted by atomic mass is 9.90. The van der Waals surface area contributed by atoms with Gasteiger partial charge in [0.2, 0.25) is 5.91 Å². The Morgan fingerprint density at radius 2 is 1.88 bits per heavy atom. The van der Waals surface area contributed by atoms with Crippen molar-refractivity contribution in [2.75, 3.05) is 18.5 Å². The molecule has 1 aromatic heterocycles. The fourth-order valence-electron chi connectivity index (χ4n) is 3.71. The van der Waals surface area contributed by atoms with Crippen molar-refractivity contribution < 1.29 is 36.9 Å². The summed E-state index contributed by atoms with van der Waals surface area (Å²) in [5, 5.41) is 15.8. The van der Waals surface area contributed by atoms with Crippen molar-refractivity contribution in [3.63, 3.8) is 0 Å². The average Bonchev–Trinajstić information content (AvgIpc) is 3.27. The van der Waals surface area contributed by atoms with E-state index in [1.54, 1.807) is 0 Å². The topological polar surface area (TPSA) is 106 Å². The number of aromatic nitrogens is 2. The fraction of sp³-hybridized carbons (Fsp3) is 0.476. The molecule has 1 aliphatic heterocycles. The quantitative estimate of drug-likeness (QED) is 0.403. The first kappa shape index (κ1) is 23.3. The van der Waals surface area contributed by atoms with Crippen LogP contribution in [-0.2, 0) is 20.7 Å². The molecule has 1 aromatic carbocycles. The van der Waals surface area contributed by atoms with Gasteiger partial charge in [0.15, 0.2) is 12.5 Å². The van der Waals surface area contributed by atoms with Gasteiger partial charge in [-0.2, -0.15) is 0 Å². The Morgan fingerprint density at radius 1 is 1.18 bits per heavy atom. The van der Waals surface area contributed by atoms with Gasteiger partial charge < -0.3 is 25.2 Å². The molecule has 0 radical (unpaired) electrons. The van der Waals surface area contributed by atoms with Crippen LogP contribution in [0.25, 0.3) is 0 Å². The van der Waals surface area contributed by atoms with E-state index in [0.717, 1.165) is 18.5 Å². The third-order valence-electron chi connectivity index (χ3n) is 5.46. The molecule has 1 aliphatic carbocycles. The Bertz CT molecular complexity index is 1000. The lowest BCUT2D eigenvalue weighted by Crippen LogP contribution is -2.45. The number of ether oxygens (including phenoxy) is 2. The van der Waals surface area contributed by atoms with Gasteiger partial charge in [-0.05, 0) is 12.8 Å². The molecule has 2 fully saturated rings. The van der Waals surface area contributed by atoms with Crippen molar-refractivity contribution in [3.05, 3.63) is 52.7 Å². The molecular formula is C21H22F4N4O4. The fourth-order valence-corrected chi connectivity index (χ4v) is 3.71. The van der Waals surface area contributed by atoms with Crippen molar-refractivity contribution in [1.82, 2.24) is 15.3 Å². The summed E-state index contributed by atoms with van der Waals surface area (Å²) >= 11 is 0. The zero-order valence-corrected chi connectivity index (χ0v) is 17.3. The first-order chi connectivity index (χ1) is 15.8. The summed E-state index contributed by atoms with van der Waals surface area (Å²) in [6.45, 7) is 0.524. The maximum atomic E-state index is 14.5. The molecule has 33 heavy (non-hydrogen) atoms. The number of aliphatic hydroxyl groups is 1. The van der Waals surface area contributed by atoms with E-state index in [1.165, 1.54) is 6.07 Å². The summed E-state index contributed by atoms with van der Waals surface area (Å²) in [5.41, 5.74) is -0.813. The summed E-state index contributed by atoms with van der Waals surface area (Å²) in [4.78, 5) is 20.6. The zero-order valence-electron chi connectivity index (χ0n) is 17.3. The number of rotatable bonds is 8. The van der Waals surface area contributed by atoms with Gasteiger partial charge in [-0.25, -0.2) is 27.5 Å². The van der Waals surface area contributed by atoms with E-state index >= 15 is 0 Å². The van der Waals surface area contributed by atoms with Crippen LogP contribution >= 0.6 is 0 Å². The van der Waals surface area contributed by atoms with Crippen LogP contribution in [0.3, 0.4) is 0 Å². The Kier molecular flexibility index (Phi) is 7.05. The minimum atomic E-state index is -3.06. The molecule has 2 aromatic rings. The van der Waals surface area contributed by atoms with Gasteiger partial charge in [0.1, 0.15) is 24.1 Å². The molecule has 1 atom stereocenters. The summed E-state index contributed by atoms with van der Waals surface area (Å²) in [5.74, 6) is -1.66. The van der Waals surface area contributed by atoms with Crippen LogP contribution < -0.4 is 10.6 Å². The number of nitrogens with one attached hydrogen (secondary N) is 2. The smallest absolute Gasteiger partial charge is 0.266 e. The lowest BCUT2D eigenvalue weighted by Gasteiger charge is -2.30. The Labute approximate surface area is 186 Å². The van der Waals surface area contributed by atoms with Gasteiger partial charge in [0.05, 0.1) is 36.5 Å². The number of carbonyl (C=O) groups is 1. The summed E-state index contributed by atoms with van der Waals surface area (Å²) in [6, 6.07) is 3.04. The number of halogens is 4. The van der Waals surface area contributed by atoms with Crippen molar-refractivity contribution >= 4 is 11.7 Å². The van der Waals surface area contributed by atoms with Crippen LogP contribution in [0.2, 0.25) is 0 Å². The second-order valence-electron chi connectivity index (χ2n) is 7.76.